The van der Waals surface area contributed by atoms with Crippen LogP contribution in [0.5, 0.6) is 5.75 Å². The number of aromatic nitrogens is 2. The number of fused-ring (bicyclic) bond motifs is 1. The number of ether oxygens (including phenoxy) is 1. The molecule has 3 rings (SSSR count). The topological polar surface area (TPSA) is 46.8 Å². The van der Waals surface area contributed by atoms with Gasteiger partial charge in [0, 0.05) is 12.3 Å². The van der Waals surface area contributed by atoms with Gasteiger partial charge in [-0.25, -0.2) is 4.52 Å². The van der Waals surface area contributed by atoms with E-state index in [1.807, 2.05) is 30.3 Å². The predicted molar refractivity (Wildman–Crippen MR) is 81.6 cm³/mol. The van der Waals surface area contributed by atoms with Gasteiger partial charge >= 0.3 is 0 Å². The number of hydrogen-bond donors (Lipinski definition) is 1. The van der Waals surface area contributed by atoms with Crippen molar-refractivity contribution in [2.75, 3.05) is 0 Å². The third-order valence-corrected chi connectivity index (χ3v) is 3.39. The molecule has 2 aromatic heterocycles. The Morgan fingerprint density at radius 1 is 1.29 bits per heavy atom. The molecular weight excluding hydrogens is 288 g/mol. The molecule has 5 heteroatoms. The highest BCUT2D eigenvalue weighted by Gasteiger charge is 2.12. The molecule has 0 saturated carbocycles. The number of benzene rings is 1. The summed E-state index contributed by atoms with van der Waals surface area (Å²) in [5.41, 5.74) is 2.44. The zero-order valence-electron chi connectivity index (χ0n) is 11.5. The van der Waals surface area contributed by atoms with Crippen LogP contribution in [-0.4, -0.2) is 14.7 Å². The second-order valence-corrected chi connectivity index (χ2v) is 5.31. The summed E-state index contributed by atoms with van der Waals surface area (Å²) in [5.74, 6) is 0.644. The summed E-state index contributed by atoms with van der Waals surface area (Å²) in [6.07, 6.45) is 1.06. The first kappa shape index (κ1) is 13.9. The van der Waals surface area contributed by atoms with Gasteiger partial charge < -0.3 is 9.84 Å². The molecule has 0 saturated heterocycles. The van der Waals surface area contributed by atoms with Gasteiger partial charge in [-0.2, -0.15) is 5.10 Å². The highest BCUT2D eigenvalue weighted by Crippen LogP contribution is 2.27. The number of aliphatic hydroxyl groups excluding tert-OH is 1. The van der Waals surface area contributed by atoms with Crippen LogP contribution in [0.4, 0.5) is 0 Å². The van der Waals surface area contributed by atoms with E-state index in [2.05, 4.69) is 5.10 Å². The molecule has 1 N–H and O–H groups in total. The van der Waals surface area contributed by atoms with E-state index in [0.29, 0.717) is 23.1 Å². The zero-order chi connectivity index (χ0) is 14.8. The molecular formula is C16H15ClN2O2. The summed E-state index contributed by atoms with van der Waals surface area (Å²) in [4.78, 5) is 0. The number of halogens is 1. The van der Waals surface area contributed by atoms with E-state index in [9.17, 15) is 5.11 Å². The molecule has 3 aromatic rings. The highest BCUT2D eigenvalue weighted by molar-refractivity contribution is 6.30. The van der Waals surface area contributed by atoms with Gasteiger partial charge in [-0.15, -0.1) is 0 Å². The number of pyridine rings is 1. The van der Waals surface area contributed by atoms with Crippen molar-refractivity contribution in [3.8, 4) is 5.75 Å². The van der Waals surface area contributed by atoms with Crippen molar-refractivity contribution in [2.24, 2.45) is 0 Å². The van der Waals surface area contributed by atoms with Crippen molar-refractivity contribution in [1.29, 1.82) is 0 Å². The Bertz CT molecular complexity index is 754. The quantitative estimate of drug-likeness (QED) is 0.800. The van der Waals surface area contributed by atoms with E-state index in [-0.39, 0.29) is 0 Å². The monoisotopic (exact) mass is 302 g/mol. The molecule has 0 fully saturated rings. The van der Waals surface area contributed by atoms with Crippen LogP contribution in [0, 0.1) is 0 Å². The maximum absolute atomic E-state index is 9.64. The van der Waals surface area contributed by atoms with E-state index in [0.717, 1.165) is 11.1 Å². The summed E-state index contributed by atoms with van der Waals surface area (Å²) < 4.78 is 7.48. The van der Waals surface area contributed by atoms with Gasteiger partial charge in [0.2, 0.25) is 0 Å². The average molecular weight is 303 g/mol. The lowest BCUT2D eigenvalue weighted by molar-refractivity contribution is 0.194. The molecule has 0 aliphatic carbocycles. The molecule has 21 heavy (non-hydrogen) atoms. The molecule has 1 atom stereocenters. The molecule has 0 radical (unpaired) electrons. The maximum Gasteiger partial charge on any atom is 0.147 e. The third-order valence-electron chi connectivity index (χ3n) is 3.19. The van der Waals surface area contributed by atoms with Gasteiger partial charge in [-0.3, -0.25) is 0 Å². The molecule has 0 aliphatic heterocycles. The lowest BCUT2D eigenvalue weighted by Crippen LogP contribution is -1.98. The minimum atomic E-state index is -0.634. The van der Waals surface area contributed by atoms with Crippen LogP contribution in [0.2, 0.25) is 5.02 Å². The molecule has 4 nitrogen and oxygen atoms in total. The summed E-state index contributed by atoms with van der Waals surface area (Å²) in [7, 11) is 0. The third kappa shape index (κ3) is 3.01. The second kappa shape index (κ2) is 5.76. The minimum absolute atomic E-state index is 0.450. The SMILES string of the molecule is CC(O)c1cc2c(OCc3ccccc3)cc(Cl)cn2n1. The Morgan fingerprint density at radius 2 is 2.05 bits per heavy atom. The lowest BCUT2D eigenvalue weighted by Gasteiger charge is -2.08. The molecule has 0 spiro atoms. The van der Waals surface area contributed by atoms with Crippen LogP contribution in [0.1, 0.15) is 24.3 Å². The minimum Gasteiger partial charge on any atom is -0.487 e. The van der Waals surface area contributed by atoms with Crippen LogP contribution in [0.25, 0.3) is 5.52 Å². The van der Waals surface area contributed by atoms with Crippen molar-refractivity contribution in [2.45, 2.75) is 19.6 Å². The van der Waals surface area contributed by atoms with Crippen LogP contribution in [0.3, 0.4) is 0 Å². The Morgan fingerprint density at radius 3 is 2.76 bits per heavy atom. The van der Waals surface area contributed by atoms with Crippen LogP contribution in [0.15, 0.2) is 48.7 Å². The largest absolute Gasteiger partial charge is 0.487 e. The van der Waals surface area contributed by atoms with Crippen LogP contribution < -0.4 is 4.74 Å². The fraction of sp³-hybridized carbons (Fsp3) is 0.188. The first-order valence-corrected chi connectivity index (χ1v) is 7.05. The Balaban J connectivity index is 1.93. The Labute approximate surface area is 127 Å². The molecule has 2 heterocycles. The number of aliphatic hydroxyl groups is 1. The normalized spacial score (nSPS) is 12.5. The van der Waals surface area contributed by atoms with E-state index in [1.54, 1.807) is 29.8 Å². The highest BCUT2D eigenvalue weighted by atomic mass is 35.5. The van der Waals surface area contributed by atoms with Crippen molar-refractivity contribution >= 4 is 17.1 Å². The first-order valence-electron chi connectivity index (χ1n) is 6.67. The smallest absolute Gasteiger partial charge is 0.147 e. The fourth-order valence-corrected chi connectivity index (χ4v) is 2.30. The number of nitrogens with zero attached hydrogens (tertiary/aromatic N) is 2. The molecule has 0 amide bonds. The zero-order valence-corrected chi connectivity index (χ0v) is 12.3. The van der Waals surface area contributed by atoms with Crippen molar-refractivity contribution in [3.05, 3.63) is 64.9 Å². The van der Waals surface area contributed by atoms with Gasteiger partial charge in [0.05, 0.1) is 16.8 Å². The average Bonchev–Trinajstić information content (AvgIpc) is 2.90. The summed E-state index contributed by atoms with van der Waals surface area (Å²) in [5, 5.41) is 14.5. The van der Waals surface area contributed by atoms with E-state index in [4.69, 9.17) is 16.3 Å². The predicted octanol–water partition coefficient (Wildman–Crippen LogP) is 3.62. The summed E-state index contributed by atoms with van der Waals surface area (Å²) in [6.45, 7) is 2.12. The fourth-order valence-electron chi connectivity index (χ4n) is 2.10. The Kier molecular flexibility index (Phi) is 3.82. The van der Waals surface area contributed by atoms with Crippen molar-refractivity contribution < 1.29 is 9.84 Å². The molecule has 1 unspecified atom stereocenters. The van der Waals surface area contributed by atoms with E-state index < -0.39 is 6.10 Å². The molecule has 0 aliphatic rings. The van der Waals surface area contributed by atoms with Crippen LogP contribution >= 0.6 is 11.6 Å². The number of rotatable bonds is 4. The van der Waals surface area contributed by atoms with E-state index >= 15 is 0 Å². The summed E-state index contributed by atoms with van der Waals surface area (Å²) >= 11 is 6.09. The summed E-state index contributed by atoms with van der Waals surface area (Å²) in [6, 6.07) is 13.5. The van der Waals surface area contributed by atoms with Crippen molar-refractivity contribution in [3.63, 3.8) is 0 Å². The first-order chi connectivity index (χ1) is 10.1. The van der Waals surface area contributed by atoms with Crippen molar-refractivity contribution in [1.82, 2.24) is 9.61 Å². The van der Waals surface area contributed by atoms with Gasteiger partial charge in [-0.1, -0.05) is 41.9 Å². The maximum atomic E-state index is 9.64. The standard InChI is InChI=1S/C16H15ClN2O2/c1-11(20)14-8-15-16(7-13(17)9-19(15)18-14)21-10-12-5-3-2-4-6-12/h2-9,11,20H,10H2,1H3. The molecule has 0 bridgehead atoms. The van der Waals surface area contributed by atoms with Crippen LogP contribution in [-0.2, 0) is 6.61 Å². The lowest BCUT2D eigenvalue weighted by atomic mass is 10.2. The molecule has 108 valence electrons. The second-order valence-electron chi connectivity index (χ2n) is 4.87. The molecule has 1 aromatic carbocycles. The van der Waals surface area contributed by atoms with E-state index in [1.165, 1.54) is 0 Å². The van der Waals surface area contributed by atoms with Gasteiger partial charge in [0.25, 0.3) is 0 Å². The van der Waals surface area contributed by atoms with Gasteiger partial charge in [-0.05, 0) is 18.6 Å². The van der Waals surface area contributed by atoms with Gasteiger partial charge in [0.15, 0.2) is 0 Å². The Hall–Kier alpha value is -2.04. The number of hydrogen-bond acceptors (Lipinski definition) is 3. The van der Waals surface area contributed by atoms with Gasteiger partial charge in [0.1, 0.15) is 17.9 Å².